The van der Waals surface area contributed by atoms with E-state index in [1.54, 1.807) is 30.3 Å². The Labute approximate surface area is 235 Å². The van der Waals surface area contributed by atoms with Gasteiger partial charge >= 0.3 is 0 Å². The molecule has 1 aromatic heterocycles. The number of nitrogens with one attached hydrogen (secondary N) is 1. The lowest BCUT2D eigenvalue weighted by atomic mass is 10.1. The predicted molar refractivity (Wildman–Crippen MR) is 152 cm³/mol. The predicted octanol–water partition coefficient (Wildman–Crippen LogP) is 5.07. The van der Waals surface area contributed by atoms with E-state index >= 15 is 0 Å². The Morgan fingerprint density at radius 1 is 1.15 bits per heavy atom. The highest BCUT2D eigenvalue weighted by molar-refractivity contribution is 8.18. The van der Waals surface area contributed by atoms with Crippen LogP contribution in [0, 0.1) is 0 Å². The molecule has 202 valence electrons. The van der Waals surface area contributed by atoms with Crippen molar-refractivity contribution in [1.29, 1.82) is 0 Å². The molecule has 2 fully saturated rings. The van der Waals surface area contributed by atoms with Gasteiger partial charge in [0.05, 0.1) is 23.1 Å². The summed E-state index contributed by atoms with van der Waals surface area (Å²) < 4.78 is 7.49. The molecule has 5 rings (SSSR count). The van der Waals surface area contributed by atoms with Crippen LogP contribution in [-0.4, -0.2) is 58.1 Å². The molecule has 3 heterocycles. The van der Waals surface area contributed by atoms with Crippen molar-refractivity contribution in [2.24, 2.45) is 0 Å². The van der Waals surface area contributed by atoms with E-state index in [2.05, 4.69) is 5.32 Å². The molecule has 3 aromatic rings. The van der Waals surface area contributed by atoms with Gasteiger partial charge in [-0.1, -0.05) is 36.7 Å². The molecule has 0 spiro atoms. The van der Waals surface area contributed by atoms with Crippen molar-refractivity contribution < 1.29 is 23.9 Å². The van der Waals surface area contributed by atoms with Gasteiger partial charge in [-0.05, 0) is 66.9 Å². The van der Waals surface area contributed by atoms with Crippen molar-refractivity contribution in [3.63, 3.8) is 0 Å². The smallest absolute Gasteiger partial charge is 0.293 e. The van der Waals surface area contributed by atoms with Gasteiger partial charge in [-0.15, -0.1) is 0 Å². The number of imide groups is 1. The molecule has 0 aliphatic carbocycles. The summed E-state index contributed by atoms with van der Waals surface area (Å²) in [5.41, 5.74) is 3.08. The van der Waals surface area contributed by atoms with E-state index < -0.39 is 11.1 Å². The quantitative estimate of drug-likeness (QED) is 0.287. The van der Waals surface area contributed by atoms with Gasteiger partial charge in [0, 0.05) is 40.9 Å². The van der Waals surface area contributed by atoms with Gasteiger partial charge in [-0.25, -0.2) is 0 Å². The fraction of sp³-hybridized carbons (Fsp3) is 0.310. The normalized spacial score (nSPS) is 18.5. The van der Waals surface area contributed by atoms with Crippen LogP contribution in [0.4, 0.5) is 4.79 Å². The second kappa shape index (κ2) is 11.8. The highest BCUT2D eigenvalue weighted by Gasteiger charge is 2.36. The summed E-state index contributed by atoms with van der Waals surface area (Å²) >= 11 is 6.69. The molecule has 1 N–H and O–H groups in total. The monoisotopic (exact) mass is 565 g/mol. The number of fused-ring (bicyclic) bond motifs is 1. The second-order valence-corrected chi connectivity index (χ2v) is 10.9. The fourth-order valence-electron chi connectivity index (χ4n) is 4.88. The van der Waals surface area contributed by atoms with Crippen LogP contribution in [0.25, 0.3) is 17.0 Å². The third kappa shape index (κ3) is 5.95. The summed E-state index contributed by atoms with van der Waals surface area (Å²) in [7, 11) is 0. The lowest BCUT2D eigenvalue weighted by molar-refractivity contribution is -0.123. The van der Waals surface area contributed by atoms with E-state index in [1.807, 2.05) is 35.9 Å². The van der Waals surface area contributed by atoms with E-state index in [0.29, 0.717) is 17.1 Å². The number of rotatable bonds is 9. The molecule has 2 aromatic carbocycles. The number of ether oxygens (including phenoxy) is 1. The summed E-state index contributed by atoms with van der Waals surface area (Å²) in [5.74, 6) is -0.997. The van der Waals surface area contributed by atoms with Gasteiger partial charge in [0.2, 0.25) is 5.91 Å². The number of amides is 3. The maximum absolute atomic E-state index is 13.2. The minimum absolute atomic E-state index is 0.0549. The van der Waals surface area contributed by atoms with E-state index in [4.69, 9.17) is 16.3 Å². The first-order valence-electron chi connectivity index (χ1n) is 12.9. The molecular formula is C29H28ClN3O5S. The van der Waals surface area contributed by atoms with Crippen LogP contribution in [-0.2, 0) is 27.3 Å². The number of ketones is 1. The van der Waals surface area contributed by atoms with E-state index in [-0.39, 0.29) is 35.8 Å². The maximum Gasteiger partial charge on any atom is 0.293 e. The zero-order valence-corrected chi connectivity index (χ0v) is 23.0. The third-order valence-corrected chi connectivity index (χ3v) is 8.05. The molecule has 0 saturated carbocycles. The van der Waals surface area contributed by atoms with Crippen molar-refractivity contribution in [3.8, 4) is 0 Å². The van der Waals surface area contributed by atoms with Crippen LogP contribution in [0.5, 0.6) is 0 Å². The minimum Gasteiger partial charge on any atom is -0.376 e. The number of benzene rings is 2. The van der Waals surface area contributed by atoms with Gasteiger partial charge in [0.15, 0.2) is 5.78 Å². The number of thioether (sulfide) groups is 1. The zero-order valence-electron chi connectivity index (χ0n) is 21.4. The first kappa shape index (κ1) is 27.2. The molecular weight excluding hydrogens is 538 g/mol. The number of para-hydroxylation sites is 1. The minimum atomic E-state index is -0.519. The zero-order chi connectivity index (χ0) is 27.5. The van der Waals surface area contributed by atoms with Crippen LogP contribution in [0.2, 0.25) is 5.02 Å². The lowest BCUT2D eigenvalue weighted by Gasteiger charge is -2.12. The van der Waals surface area contributed by atoms with Crippen LogP contribution >= 0.6 is 23.4 Å². The van der Waals surface area contributed by atoms with Crippen molar-refractivity contribution in [2.75, 3.05) is 19.7 Å². The Morgan fingerprint density at radius 2 is 1.95 bits per heavy atom. The van der Waals surface area contributed by atoms with Crippen molar-refractivity contribution in [1.82, 2.24) is 14.8 Å². The summed E-state index contributed by atoms with van der Waals surface area (Å²) in [5, 5.41) is 3.83. The molecule has 3 amide bonds. The first-order valence-corrected chi connectivity index (χ1v) is 14.1. The molecule has 0 radical (unpaired) electrons. The van der Waals surface area contributed by atoms with Gasteiger partial charge < -0.3 is 14.6 Å². The average molecular weight is 566 g/mol. The standard InChI is InChI=1S/C29H28ClN3O5S/c1-2-18-5-3-7-23-20(15-32(27(18)23)17-26(35)31-14-22-6-4-12-38-22)13-25-28(36)33(29(37)39-25)16-24(34)19-8-10-21(30)11-9-19/h3,5,7-11,13,15,22H,2,4,6,12,14,16-17H2,1H3,(H,31,35)/b25-13-/t22-/m1/s1. The Hall–Kier alpha value is -3.40. The summed E-state index contributed by atoms with van der Waals surface area (Å²) in [6.07, 6.45) is 6.27. The molecule has 39 heavy (non-hydrogen) atoms. The number of hydrogen-bond donors (Lipinski definition) is 1. The van der Waals surface area contributed by atoms with Gasteiger partial charge in [0.25, 0.3) is 11.1 Å². The van der Waals surface area contributed by atoms with Gasteiger partial charge in [-0.3, -0.25) is 24.1 Å². The Kier molecular flexibility index (Phi) is 8.20. The number of nitrogens with zero attached hydrogens (tertiary/aromatic N) is 2. The molecule has 0 bridgehead atoms. The number of hydrogen-bond acceptors (Lipinski definition) is 6. The fourth-order valence-corrected chi connectivity index (χ4v) is 5.84. The molecule has 1 atom stereocenters. The van der Waals surface area contributed by atoms with E-state index in [0.717, 1.165) is 64.6 Å². The lowest BCUT2D eigenvalue weighted by Crippen LogP contribution is -2.34. The van der Waals surface area contributed by atoms with Crippen LogP contribution in [0.3, 0.4) is 0 Å². The highest BCUT2D eigenvalue weighted by atomic mass is 35.5. The Morgan fingerprint density at radius 3 is 2.67 bits per heavy atom. The van der Waals surface area contributed by atoms with Crippen LogP contribution in [0.15, 0.2) is 53.6 Å². The van der Waals surface area contributed by atoms with E-state index in [1.165, 1.54) is 0 Å². The molecule has 2 saturated heterocycles. The summed E-state index contributed by atoms with van der Waals surface area (Å²) in [6, 6.07) is 12.2. The maximum atomic E-state index is 13.2. The molecule has 2 aliphatic heterocycles. The van der Waals surface area contributed by atoms with E-state index in [9.17, 15) is 19.2 Å². The number of halogens is 1. The SMILES string of the molecule is CCc1cccc2c(/C=C3\SC(=O)N(CC(=O)c4ccc(Cl)cc4)C3=O)cn(CC(=O)NC[C@H]3CCCO3)c12. The summed E-state index contributed by atoms with van der Waals surface area (Å²) in [4.78, 5) is 52.5. The molecule has 8 nitrogen and oxygen atoms in total. The topological polar surface area (TPSA) is 97.7 Å². The Balaban J connectivity index is 1.38. The van der Waals surface area contributed by atoms with Crippen molar-refractivity contribution in [3.05, 3.63) is 75.3 Å². The molecule has 0 unspecified atom stereocenters. The van der Waals surface area contributed by atoms with Gasteiger partial charge in [-0.2, -0.15) is 0 Å². The van der Waals surface area contributed by atoms with Crippen molar-refractivity contribution in [2.45, 2.75) is 38.8 Å². The average Bonchev–Trinajstić information content (AvgIpc) is 3.64. The Bertz CT molecular complexity index is 1470. The van der Waals surface area contributed by atoms with Crippen molar-refractivity contribution >= 4 is 63.2 Å². The molecule has 2 aliphatic rings. The number of carbonyl (C=O) groups excluding carboxylic acids is 4. The summed E-state index contributed by atoms with van der Waals surface area (Å²) in [6.45, 7) is 3.02. The van der Waals surface area contributed by atoms with Crippen LogP contribution < -0.4 is 5.32 Å². The third-order valence-electron chi connectivity index (χ3n) is 6.89. The number of carbonyl (C=O) groups is 4. The van der Waals surface area contributed by atoms with Gasteiger partial charge in [0.1, 0.15) is 6.54 Å². The largest absolute Gasteiger partial charge is 0.376 e. The first-order chi connectivity index (χ1) is 18.8. The number of aromatic nitrogens is 1. The molecule has 10 heteroatoms. The highest BCUT2D eigenvalue weighted by Crippen LogP contribution is 2.35. The number of Topliss-reactive ketones (excluding diaryl/α,β-unsaturated/α-hetero) is 1. The number of aryl methyl sites for hydroxylation is 1. The van der Waals surface area contributed by atoms with Crippen LogP contribution in [0.1, 0.15) is 41.3 Å². The second-order valence-electron chi connectivity index (χ2n) is 9.52.